The van der Waals surface area contributed by atoms with Gasteiger partial charge in [0.2, 0.25) is 0 Å². The predicted molar refractivity (Wildman–Crippen MR) is 76.6 cm³/mol. The second kappa shape index (κ2) is 15.9. The third-order valence-electron chi connectivity index (χ3n) is 1.51. The van der Waals surface area contributed by atoms with Crippen molar-refractivity contribution in [2.45, 2.75) is 0 Å². The number of halogens is 2. The van der Waals surface area contributed by atoms with Crippen molar-refractivity contribution in [1.29, 1.82) is 0 Å². The molecule has 2 rings (SSSR count). The Morgan fingerprint density at radius 2 is 0.960 bits per heavy atom. The van der Waals surface area contributed by atoms with E-state index < -0.39 is 34.8 Å². The van der Waals surface area contributed by atoms with Crippen molar-refractivity contribution in [1.82, 2.24) is 27.1 Å². The van der Waals surface area contributed by atoms with Crippen LogP contribution in [0.25, 0.3) is 0 Å². The molecule has 0 saturated carbocycles. The van der Waals surface area contributed by atoms with Crippen LogP contribution in [0.4, 0.5) is 0 Å². The number of nitrogens with one attached hydrogen (secondary N) is 2. The van der Waals surface area contributed by atoms with Crippen molar-refractivity contribution < 1.29 is 85.8 Å². The Morgan fingerprint density at radius 1 is 0.720 bits per heavy atom. The molecule has 2 aromatic heterocycles. The van der Waals surface area contributed by atoms with Gasteiger partial charge >= 0.3 is 81.9 Å². The Kier molecular flexibility index (Phi) is 22.7. The van der Waals surface area contributed by atoms with Gasteiger partial charge in [0.05, 0.1) is 44.3 Å². The summed E-state index contributed by atoms with van der Waals surface area (Å²) in [5, 5.41) is 20.9. The molecular weight excluding hydrogens is 506 g/mol. The molecule has 0 saturated heterocycles. The van der Waals surface area contributed by atoms with Gasteiger partial charge in [0, 0.05) is 0 Å². The average molecular weight is 514 g/mol. The first-order valence-corrected chi connectivity index (χ1v) is 5.77. The van der Waals surface area contributed by atoms with Gasteiger partial charge < -0.3 is 26.6 Å². The quantitative estimate of drug-likeness (QED) is 0.318. The molecule has 0 bridgehead atoms. The second-order valence-corrected chi connectivity index (χ2v) is 4.24. The van der Waals surface area contributed by atoms with Crippen LogP contribution in [0.15, 0.2) is 19.2 Å². The van der Waals surface area contributed by atoms with E-state index in [4.69, 9.17) is 0 Å². The van der Waals surface area contributed by atoms with Crippen molar-refractivity contribution in [2.24, 2.45) is 0 Å². The fourth-order valence-electron chi connectivity index (χ4n) is 0.772. The van der Waals surface area contributed by atoms with Crippen molar-refractivity contribution in [2.75, 3.05) is 0 Å². The van der Waals surface area contributed by atoms with Crippen LogP contribution in [0.5, 0.6) is 12.0 Å². The van der Waals surface area contributed by atoms with Crippen LogP contribution in [0.2, 0.25) is 0 Å². The van der Waals surface area contributed by atoms with Crippen LogP contribution < -0.4 is 92.1 Å². The number of nitrogens with zero attached hydrogens (tertiary/aromatic N) is 4. The molecule has 0 fully saturated rings. The van der Waals surface area contributed by atoms with Gasteiger partial charge in [-0.3, -0.25) is 9.97 Å². The van der Waals surface area contributed by atoms with E-state index in [1.807, 2.05) is 0 Å². The van der Waals surface area contributed by atoms with Crippen molar-refractivity contribution in [3.63, 3.8) is 0 Å². The fraction of sp³-hybridized carbons (Fsp3) is 0. The molecule has 0 spiro atoms. The van der Waals surface area contributed by atoms with Gasteiger partial charge in [0.15, 0.2) is 0 Å². The Bertz CT molecular complexity index is 792. The largest absolute Gasteiger partial charge is 1.00 e. The van der Waals surface area contributed by atoms with Crippen LogP contribution in [-0.4, -0.2) is 43.6 Å². The maximum absolute atomic E-state index is 10.5. The summed E-state index contributed by atoms with van der Waals surface area (Å²) in [5.74, 6) is 0. The first kappa shape index (κ1) is 35.7. The molecule has 0 unspecified atom stereocenters. The molecule has 0 aliphatic rings. The van der Waals surface area contributed by atoms with Gasteiger partial charge in [0.25, 0.3) is 0 Å². The van der Waals surface area contributed by atoms with Gasteiger partial charge in [0.1, 0.15) is 0 Å². The topological polar surface area (TPSA) is 276 Å². The summed E-state index contributed by atoms with van der Waals surface area (Å²) in [6.07, 6.45) is 0. The summed E-state index contributed by atoms with van der Waals surface area (Å²) in [5.41, 5.74) is -3.54. The third-order valence-corrected chi connectivity index (χ3v) is 2.77. The number of aromatic amines is 2. The Morgan fingerprint density at radius 3 is 1.16 bits per heavy atom. The monoisotopic (exact) mass is 512 g/mol. The number of aromatic nitrogens is 6. The molecule has 15 nitrogen and oxygen atoms in total. The summed E-state index contributed by atoms with van der Waals surface area (Å²) in [4.78, 5) is 50.8. The molecule has 0 atom stereocenters. The van der Waals surface area contributed by atoms with Gasteiger partial charge in [-0.05, 0) is 0 Å². The van der Waals surface area contributed by atoms with Crippen molar-refractivity contribution in [3.05, 3.63) is 41.9 Å². The first-order valence-electron chi connectivity index (χ1n) is 4.35. The summed E-state index contributed by atoms with van der Waals surface area (Å²) >= 11 is 5.14. The van der Waals surface area contributed by atoms with E-state index in [1.54, 1.807) is 9.97 Å². The van der Waals surface area contributed by atoms with E-state index in [9.17, 15) is 29.4 Å². The summed E-state index contributed by atoms with van der Waals surface area (Å²) in [6, 6.07) is -1.84. The molecule has 132 valence electrons. The molecule has 0 radical (unpaired) electrons. The standard InChI is InChI=1S/2C3H2BrN3O3.2Na.3H2O/c2*4-7-2(9)5-1(8)6-3(7)10;;;;;/h2*(H2,5,6,8,9,10);;;3*1H2/q;;2*+1;;;/p-2. The van der Waals surface area contributed by atoms with E-state index in [0.717, 1.165) is 0 Å². The van der Waals surface area contributed by atoms with Gasteiger partial charge in [-0.1, -0.05) is 0 Å². The average Bonchev–Trinajstić information content (AvgIpc) is 2.33. The summed E-state index contributed by atoms with van der Waals surface area (Å²) in [7, 11) is 0. The van der Waals surface area contributed by atoms with Crippen LogP contribution in [0, 0.1) is 0 Å². The van der Waals surface area contributed by atoms with Crippen LogP contribution in [-0.2, 0) is 0 Å². The molecule has 2 aromatic rings. The molecule has 8 N–H and O–H groups in total. The van der Waals surface area contributed by atoms with E-state index in [-0.39, 0.29) is 75.5 Å². The van der Waals surface area contributed by atoms with Gasteiger partial charge in [-0.25, -0.2) is 26.4 Å². The smallest absolute Gasteiger partial charge is 0.845 e. The third kappa shape index (κ3) is 11.1. The van der Waals surface area contributed by atoms with E-state index in [1.165, 1.54) is 0 Å². The maximum Gasteiger partial charge on any atom is 1.00 e. The zero-order valence-electron chi connectivity index (χ0n) is 12.5. The second-order valence-electron chi connectivity index (χ2n) is 2.82. The number of rotatable bonds is 0. The zero-order chi connectivity index (χ0) is 15.4. The normalized spacial score (nSPS) is 7.76. The minimum Gasteiger partial charge on any atom is -0.845 e. The fourth-order valence-corrected chi connectivity index (χ4v) is 1.11. The molecular formula is C6H8Br2N6Na2O9. The Labute approximate surface area is 197 Å². The maximum atomic E-state index is 10.5. The number of H-pyrrole nitrogens is 2. The molecule has 0 aliphatic carbocycles. The zero-order valence-corrected chi connectivity index (χ0v) is 19.7. The minimum atomic E-state index is -0.939. The summed E-state index contributed by atoms with van der Waals surface area (Å²) in [6.45, 7) is 0. The summed E-state index contributed by atoms with van der Waals surface area (Å²) < 4.78 is 1.04. The van der Waals surface area contributed by atoms with Gasteiger partial charge in [-0.2, -0.15) is 9.97 Å². The Hall–Kier alpha value is -0.340. The predicted octanol–water partition coefficient (Wildman–Crippen LogP) is -12.1. The van der Waals surface area contributed by atoms with Crippen LogP contribution in [0.3, 0.4) is 0 Å². The molecule has 0 aromatic carbocycles. The van der Waals surface area contributed by atoms with Crippen molar-refractivity contribution in [3.8, 4) is 12.0 Å². The van der Waals surface area contributed by atoms with E-state index in [0.29, 0.717) is 7.19 Å². The number of hydrogen-bond donors (Lipinski definition) is 2. The molecule has 0 amide bonds. The minimum absolute atomic E-state index is 0. The molecule has 19 heteroatoms. The SMILES string of the molecule is O.O.O.O=c1nc([O-])n(Br)c(=O)[nH]1.O=c1nc([O-])n(Br)c(=O)[nH]1.[Na+].[Na+]. The van der Waals surface area contributed by atoms with Crippen molar-refractivity contribution >= 4 is 32.3 Å². The molecule has 2 heterocycles. The first-order chi connectivity index (χ1) is 9.22. The molecule has 0 aliphatic heterocycles. The van der Waals surface area contributed by atoms with Crippen LogP contribution in [0.1, 0.15) is 0 Å². The van der Waals surface area contributed by atoms with Gasteiger partial charge in [-0.15, -0.1) is 0 Å². The Balaban J connectivity index is -0.0000000889. The van der Waals surface area contributed by atoms with E-state index in [2.05, 4.69) is 42.3 Å². The molecule has 25 heavy (non-hydrogen) atoms. The van der Waals surface area contributed by atoms with Crippen LogP contribution >= 0.6 is 32.3 Å². The van der Waals surface area contributed by atoms with E-state index >= 15 is 0 Å². The number of hydrogen-bond acceptors (Lipinski definition) is 8.